The summed E-state index contributed by atoms with van der Waals surface area (Å²) >= 11 is 0. The molecule has 0 aliphatic rings. The maximum atomic E-state index is 6.76. The Bertz CT molecular complexity index is 205. The topological polar surface area (TPSA) is 9.23 Å². The smallest absolute Gasteiger partial charge is 0.0853 e. The number of hydrogen-bond donors (Lipinski definition) is 0. The van der Waals surface area contributed by atoms with Gasteiger partial charge in [-0.15, -0.1) is 0 Å². The van der Waals surface area contributed by atoms with Gasteiger partial charge in [-0.05, 0) is 6.85 Å². The number of hydrogen-bond acceptors (Lipinski definition) is 1. The van der Waals surface area contributed by atoms with Gasteiger partial charge in [-0.3, -0.25) is 0 Å². The molecule has 0 aromatic rings. The van der Waals surface area contributed by atoms with Crippen molar-refractivity contribution in [3.63, 3.8) is 0 Å². The van der Waals surface area contributed by atoms with Crippen LogP contribution in [0, 0.1) is 0 Å². The predicted octanol–water partition coefficient (Wildman–Crippen LogP) is 1.17. The fourth-order valence-corrected chi connectivity index (χ4v) is 0. The van der Waals surface area contributed by atoms with E-state index in [0.29, 0.717) is 0 Å². The third kappa shape index (κ3) is 3.54. The molecule has 0 saturated carbocycles. The summed E-state index contributed by atoms with van der Waals surface area (Å²) in [5, 5.41) is 0. The van der Waals surface area contributed by atoms with Crippen LogP contribution in [0.25, 0.3) is 0 Å². The first-order valence-electron chi connectivity index (χ1n) is 4.91. The van der Waals surface area contributed by atoms with Gasteiger partial charge in [0.05, 0.1) is 19.7 Å². The van der Waals surface area contributed by atoms with E-state index in [-0.39, 0.29) is 0 Å². The minimum Gasteiger partial charge on any atom is -0.502 e. The second kappa shape index (κ2) is 1.82. The van der Waals surface area contributed by atoms with E-state index in [0.717, 1.165) is 0 Å². The molecule has 0 bridgehead atoms. The lowest BCUT2D eigenvalue weighted by Crippen LogP contribution is -1.70. The number of allylic oxidation sites excluding steroid dienone is 1. The van der Waals surface area contributed by atoms with Crippen molar-refractivity contribution in [1.82, 2.24) is 0 Å². The molecule has 0 aromatic heterocycles. The highest BCUT2D eigenvalue weighted by molar-refractivity contribution is 4.71. The highest BCUT2D eigenvalue weighted by Gasteiger charge is 1.65. The maximum absolute atomic E-state index is 6.76. The minimum atomic E-state index is -2.95. The first-order chi connectivity index (χ1) is 5.54. The Labute approximate surface area is 43.5 Å². The summed E-state index contributed by atoms with van der Waals surface area (Å²) in [6, 6.07) is 0. The largest absolute Gasteiger partial charge is 0.502 e. The van der Waals surface area contributed by atoms with Gasteiger partial charge in [-0.1, -0.05) is 6.53 Å². The van der Waals surface area contributed by atoms with Crippen LogP contribution in [0.2, 0.25) is 0 Å². The molecule has 0 atom stereocenters. The van der Waals surface area contributed by atoms with E-state index < -0.39 is 26.2 Å². The van der Waals surface area contributed by atoms with Crippen LogP contribution in [0.4, 0.5) is 0 Å². The van der Waals surface area contributed by atoms with Crippen molar-refractivity contribution in [2.75, 3.05) is 7.04 Å². The molecule has 1 heteroatoms. The van der Waals surface area contributed by atoms with Crippen LogP contribution in [0.15, 0.2) is 12.3 Å². The zero-order chi connectivity index (χ0) is 10.9. The lowest BCUT2D eigenvalue weighted by atomic mass is 10.7. The Balaban J connectivity index is 4.80. The van der Waals surface area contributed by atoms with Crippen molar-refractivity contribution < 1.29 is 15.7 Å². The third-order valence-electron chi connectivity index (χ3n) is 0.102. The van der Waals surface area contributed by atoms with Crippen molar-refractivity contribution >= 4 is 0 Å². The maximum Gasteiger partial charge on any atom is 0.0853 e. The van der Waals surface area contributed by atoms with Gasteiger partial charge in [0.1, 0.15) is 0 Å². The lowest BCUT2D eigenvalue weighted by molar-refractivity contribution is 0.295. The molecule has 0 rings (SSSR count). The molecule has 1 nitrogen and oxygen atoms in total. The van der Waals surface area contributed by atoms with E-state index in [1.165, 1.54) is 0 Å². The molecule has 30 valence electrons. The van der Waals surface area contributed by atoms with Gasteiger partial charge in [0, 0.05) is 4.11 Å². The zero-order valence-electron chi connectivity index (χ0n) is 10.4. The summed E-state index contributed by atoms with van der Waals surface area (Å²) < 4.78 is 57.4. The van der Waals surface area contributed by atoms with Crippen molar-refractivity contribution in [2.24, 2.45) is 0 Å². The van der Waals surface area contributed by atoms with E-state index in [9.17, 15) is 0 Å². The van der Waals surface area contributed by atoms with E-state index >= 15 is 0 Å². The van der Waals surface area contributed by atoms with Gasteiger partial charge in [0.15, 0.2) is 0 Å². The molecule has 0 radical (unpaired) electrons. The number of methoxy groups -OCH3 is 1. The fraction of sp³-hybridized carbons (Fsp3) is 0.500. The predicted molar refractivity (Wildman–Crippen MR) is 21.8 cm³/mol. The fourth-order valence-electron chi connectivity index (χ4n) is 0. The standard InChI is InChI=1S/C4H8O/c1-4(2)5-3/h1H2,2-3H3/i1D2,2D3,3D3. The van der Waals surface area contributed by atoms with Crippen LogP contribution < -0.4 is 0 Å². The highest BCUT2D eigenvalue weighted by atomic mass is 16.5. The Hall–Kier alpha value is -0.460. The summed E-state index contributed by atoms with van der Waals surface area (Å²) in [5.74, 6) is -1.12. The van der Waals surface area contributed by atoms with Crippen molar-refractivity contribution in [1.29, 1.82) is 0 Å². The Morgan fingerprint density at radius 2 is 3.40 bits per heavy atom. The molecule has 0 spiro atoms. The molecule has 0 unspecified atom stereocenters. The van der Waals surface area contributed by atoms with Gasteiger partial charge in [-0.2, -0.15) is 0 Å². The molecule has 0 fully saturated rings. The van der Waals surface area contributed by atoms with E-state index in [1.54, 1.807) is 0 Å². The summed E-state index contributed by atoms with van der Waals surface area (Å²) in [6.45, 7) is -4.04. The molecule has 0 aromatic carbocycles. The van der Waals surface area contributed by atoms with Gasteiger partial charge in [0.25, 0.3) is 0 Å². The minimum absolute atomic E-state index is 1.12. The summed E-state index contributed by atoms with van der Waals surface area (Å²) in [4.78, 5) is 0. The molecule has 5 heavy (non-hydrogen) atoms. The van der Waals surface area contributed by atoms with Gasteiger partial charge in [-0.25, -0.2) is 0 Å². The molecule has 0 N–H and O–H groups in total. The first kappa shape index (κ1) is 0.427. The highest BCUT2D eigenvalue weighted by Crippen LogP contribution is 1.80. The lowest BCUT2D eigenvalue weighted by Gasteiger charge is -1.88. The van der Waals surface area contributed by atoms with Crippen LogP contribution in [0.3, 0.4) is 0 Å². The monoisotopic (exact) mass is 80.1 g/mol. The van der Waals surface area contributed by atoms with Crippen LogP contribution >= 0.6 is 0 Å². The SMILES string of the molecule is [2H]C([2H])=C(OC([2H])([2H])[2H])C([2H])([2H])[2H]. The molecule has 0 aliphatic carbocycles. The average Bonchev–Trinajstić information content (AvgIpc) is 1.77. The first-order valence-corrected chi connectivity index (χ1v) is 0.908. The number of rotatable bonds is 1. The van der Waals surface area contributed by atoms with Gasteiger partial charge in [0.2, 0.25) is 0 Å². The number of ether oxygens (including phenoxy) is 1. The molecular formula is C4H8O. The summed E-state index contributed by atoms with van der Waals surface area (Å²) in [5.41, 5.74) is 0. The van der Waals surface area contributed by atoms with Crippen LogP contribution in [0.1, 0.15) is 17.8 Å². The molecule has 0 saturated heterocycles. The molecular weight excluding hydrogens is 64.0 g/mol. The second-order valence-electron chi connectivity index (χ2n) is 0.431. The van der Waals surface area contributed by atoms with Crippen molar-refractivity contribution in [3.8, 4) is 0 Å². The Morgan fingerprint density at radius 3 is 3.60 bits per heavy atom. The van der Waals surface area contributed by atoms with Crippen molar-refractivity contribution in [2.45, 2.75) is 6.85 Å². The average molecular weight is 80.2 g/mol. The molecule has 0 amide bonds. The Morgan fingerprint density at radius 1 is 2.40 bits per heavy atom. The summed E-state index contributed by atoms with van der Waals surface area (Å²) in [6.07, 6.45) is 0. The van der Waals surface area contributed by atoms with Gasteiger partial charge >= 0.3 is 0 Å². The molecule has 0 aliphatic heterocycles. The van der Waals surface area contributed by atoms with Gasteiger partial charge < -0.3 is 4.74 Å². The zero-order valence-corrected chi connectivity index (χ0v) is 2.41. The summed E-state index contributed by atoms with van der Waals surface area (Å²) in [7, 11) is -2.95. The second-order valence-corrected chi connectivity index (χ2v) is 0.431. The quantitative estimate of drug-likeness (QED) is 0.429. The Kier molecular flexibility index (Phi) is 0.156. The van der Waals surface area contributed by atoms with E-state index in [1.807, 2.05) is 0 Å². The third-order valence-corrected chi connectivity index (χ3v) is 0.102. The van der Waals surface area contributed by atoms with Crippen LogP contribution in [-0.2, 0) is 4.74 Å². The van der Waals surface area contributed by atoms with Crippen molar-refractivity contribution in [3.05, 3.63) is 12.3 Å². The van der Waals surface area contributed by atoms with E-state index in [2.05, 4.69) is 4.74 Å². The normalized spacial score (nSPS) is 34.4. The van der Waals surface area contributed by atoms with Crippen LogP contribution in [-0.4, -0.2) is 7.04 Å². The van der Waals surface area contributed by atoms with E-state index in [4.69, 9.17) is 11.0 Å². The molecule has 0 heterocycles. The van der Waals surface area contributed by atoms with Crippen LogP contribution in [0.5, 0.6) is 0 Å².